The number of rotatable bonds is 3. The zero-order chi connectivity index (χ0) is 11.5. The van der Waals surface area contributed by atoms with Gasteiger partial charge in [-0.2, -0.15) is 0 Å². The molecular weight excluding hydrogens is 278 g/mol. The Morgan fingerprint density at radius 2 is 0.857 bits per heavy atom. The summed E-state index contributed by atoms with van der Waals surface area (Å²) in [6.07, 6.45) is 0. The fourth-order valence-corrected chi connectivity index (χ4v) is 1.02. The monoisotopic (exact) mass is 278 g/mol. The van der Waals surface area contributed by atoms with Crippen LogP contribution in [-0.2, 0) is 9.59 Å². The molecular formula is C6H2Cl4O4. The second-order valence-corrected chi connectivity index (χ2v) is 3.38. The number of aliphatic carboxylic acids is 2. The molecule has 0 unspecified atom stereocenters. The molecule has 0 atom stereocenters. The zero-order valence-electron chi connectivity index (χ0n) is 6.22. The number of carboxylic acids is 2. The highest BCUT2D eigenvalue weighted by molar-refractivity contribution is 6.56. The molecule has 0 bridgehead atoms. The summed E-state index contributed by atoms with van der Waals surface area (Å²) in [7, 11) is 0. The molecule has 0 fully saturated rings. The average molecular weight is 280 g/mol. The van der Waals surface area contributed by atoms with Crippen molar-refractivity contribution in [2.24, 2.45) is 0 Å². The van der Waals surface area contributed by atoms with E-state index in [0.717, 1.165) is 0 Å². The molecule has 0 rings (SSSR count). The first-order chi connectivity index (χ1) is 6.29. The standard InChI is InChI=1S/C6H2Cl4O4/c7-1(3(9)5(11)12)2(8)4(10)6(13)14/h(H,11,12)(H,13,14). The molecule has 0 aromatic heterocycles. The summed E-state index contributed by atoms with van der Waals surface area (Å²) in [4.78, 5) is 20.6. The van der Waals surface area contributed by atoms with Crippen LogP contribution in [0.4, 0.5) is 0 Å². The number of hydrogen-bond acceptors (Lipinski definition) is 2. The quantitative estimate of drug-likeness (QED) is 0.615. The molecule has 0 aliphatic rings. The van der Waals surface area contributed by atoms with Crippen molar-refractivity contribution in [1.29, 1.82) is 0 Å². The Balaban J connectivity index is 5.35. The van der Waals surface area contributed by atoms with Crippen LogP contribution in [0.2, 0.25) is 0 Å². The van der Waals surface area contributed by atoms with Gasteiger partial charge in [0.1, 0.15) is 10.1 Å². The normalized spacial score (nSPS) is 14.3. The minimum atomic E-state index is -1.54. The molecule has 0 spiro atoms. The van der Waals surface area contributed by atoms with E-state index < -0.39 is 32.1 Å². The summed E-state index contributed by atoms with van der Waals surface area (Å²) in [6, 6.07) is 0. The third-order valence-electron chi connectivity index (χ3n) is 0.954. The third-order valence-corrected chi connectivity index (χ3v) is 2.70. The molecule has 0 radical (unpaired) electrons. The molecule has 0 amide bonds. The molecule has 0 aromatic rings. The smallest absolute Gasteiger partial charge is 0.348 e. The zero-order valence-corrected chi connectivity index (χ0v) is 9.25. The van der Waals surface area contributed by atoms with E-state index in [1.807, 2.05) is 0 Å². The van der Waals surface area contributed by atoms with Gasteiger partial charge < -0.3 is 10.2 Å². The van der Waals surface area contributed by atoms with Crippen LogP contribution in [0.3, 0.4) is 0 Å². The van der Waals surface area contributed by atoms with E-state index in [0.29, 0.717) is 0 Å². The number of allylic oxidation sites excluding steroid dienone is 2. The summed E-state index contributed by atoms with van der Waals surface area (Å²) in [5.74, 6) is -3.07. The lowest BCUT2D eigenvalue weighted by Crippen LogP contribution is -2.00. The molecule has 0 aliphatic carbocycles. The first kappa shape index (κ1) is 13.6. The van der Waals surface area contributed by atoms with Gasteiger partial charge in [-0.3, -0.25) is 0 Å². The van der Waals surface area contributed by atoms with Gasteiger partial charge in [0.05, 0.1) is 10.1 Å². The Bertz CT molecular complexity index is 310. The summed E-state index contributed by atoms with van der Waals surface area (Å²) in [6.45, 7) is 0. The van der Waals surface area contributed by atoms with Crippen LogP contribution in [0.15, 0.2) is 20.1 Å². The van der Waals surface area contributed by atoms with Crippen molar-refractivity contribution < 1.29 is 19.8 Å². The Morgan fingerprint density at radius 3 is 1.00 bits per heavy atom. The van der Waals surface area contributed by atoms with Gasteiger partial charge in [0.15, 0.2) is 0 Å². The van der Waals surface area contributed by atoms with Gasteiger partial charge in [0.2, 0.25) is 0 Å². The van der Waals surface area contributed by atoms with Crippen LogP contribution in [-0.4, -0.2) is 22.2 Å². The maximum absolute atomic E-state index is 10.3. The molecule has 8 heteroatoms. The van der Waals surface area contributed by atoms with Crippen molar-refractivity contribution in [2.75, 3.05) is 0 Å². The number of carbonyl (C=O) groups is 2. The van der Waals surface area contributed by atoms with Crippen LogP contribution in [0.5, 0.6) is 0 Å². The summed E-state index contributed by atoms with van der Waals surface area (Å²) in [5.41, 5.74) is 0. The van der Waals surface area contributed by atoms with Gasteiger partial charge in [0, 0.05) is 0 Å². The van der Waals surface area contributed by atoms with E-state index in [1.54, 1.807) is 0 Å². The highest BCUT2D eigenvalue weighted by Gasteiger charge is 2.18. The minimum Gasteiger partial charge on any atom is -0.477 e. The first-order valence-electron chi connectivity index (χ1n) is 2.86. The summed E-state index contributed by atoms with van der Waals surface area (Å²) >= 11 is 21.1. The lowest BCUT2D eigenvalue weighted by molar-refractivity contribution is -0.133. The van der Waals surface area contributed by atoms with Gasteiger partial charge in [0.25, 0.3) is 0 Å². The highest BCUT2D eigenvalue weighted by Crippen LogP contribution is 2.29. The lowest BCUT2D eigenvalue weighted by atomic mass is 10.4. The van der Waals surface area contributed by atoms with Crippen LogP contribution in [0.1, 0.15) is 0 Å². The fourth-order valence-electron chi connectivity index (χ4n) is 0.380. The molecule has 0 aliphatic heterocycles. The Morgan fingerprint density at radius 1 is 0.643 bits per heavy atom. The van der Waals surface area contributed by atoms with Crippen LogP contribution < -0.4 is 0 Å². The van der Waals surface area contributed by atoms with E-state index in [4.69, 9.17) is 56.6 Å². The predicted molar refractivity (Wildman–Crippen MR) is 52.7 cm³/mol. The maximum atomic E-state index is 10.3. The van der Waals surface area contributed by atoms with E-state index in [1.165, 1.54) is 0 Å². The van der Waals surface area contributed by atoms with Gasteiger partial charge in [-0.1, -0.05) is 46.4 Å². The number of carboxylic acid groups (broad SMARTS) is 2. The first-order valence-corrected chi connectivity index (χ1v) is 4.37. The Kier molecular flexibility index (Phi) is 5.29. The molecule has 14 heavy (non-hydrogen) atoms. The summed E-state index contributed by atoms with van der Waals surface area (Å²) in [5, 5.41) is 13.9. The van der Waals surface area contributed by atoms with Crippen molar-refractivity contribution >= 4 is 58.3 Å². The van der Waals surface area contributed by atoms with Crippen molar-refractivity contribution in [1.82, 2.24) is 0 Å². The highest BCUT2D eigenvalue weighted by atomic mass is 35.5. The molecule has 0 saturated heterocycles. The van der Waals surface area contributed by atoms with Crippen LogP contribution in [0, 0.1) is 0 Å². The Labute approximate surface area is 98.3 Å². The molecule has 78 valence electrons. The second-order valence-electron chi connectivity index (χ2n) is 1.87. The molecule has 2 N–H and O–H groups in total. The van der Waals surface area contributed by atoms with Crippen molar-refractivity contribution in [3.05, 3.63) is 20.1 Å². The van der Waals surface area contributed by atoms with Crippen LogP contribution >= 0.6 is 46.4 Å². The Hall–Kier alpha value is -0.420. The second kappa shape index (κ2) is 5.46. The number of hydrogen-bond donors (Lipinski definition) is 2. The largest absolute Gasteiger partial charge is 0.477 e. The van der Waals surface area contributed by atoms with Gasteiger partial charge >= 0.3 is 11.9 Å². The van der Waals surface area contributed by atoms with E-state index in [9.17, 15) is 9.59 Å². The van der Waals surface area contributed by atoms with Gasteiger partial charge in [-0.15, -0.1) is 0 Å². The fraction of sp³-hybridized carbons (Fsp3) is 0. The van der Waals surface area contributed by atoms with Gasteiger partial charge in [-0.25, -0.2) is 9.59 Å². The van der Waals surface area contributed by atoms with Crippen molar-refractivity contribution in [3.8, 4) is 0 Å². The minimum absolute atomic E-state index is 0.631. The summed E-state index contributed by atoms with van der Waals surface area (Å²) < 4.78 is 0. The van der Waals surface area contributed by atoms with E-state index in [-0.39, 0.29) is 0 Å². The van der Waals surface area contributed by atoms with E-state index >= 15 is 0 Å². The van der Waals surface area contributed by atoms with E-state index in [2.05, 4.69) is 0 Å². The molecule has 0 heterocycles. The molecule has 4 nitrogen and oxygen atoms in total. The average Bonchev–Trinajstić information content (AvgIpc) is 2.12. The van der Waals surface area contributed by atoms with Crippen molar-refractivity contribution in [3.63, 3.8) is 0 Å². The molecule has 0 aromatic carbocycles. The van der Waals surface area contributed by atoms with Crippen molar-refractivity contribution in [2.45, 2.75) is 0 Å². The predicted octanol–water partition coefficient (Wildman–Crippen LogP) is 2.53. The topological polar surface area (TPSA) is 74.6 Å². The third kappa shape index (κ3) is 3.38. The van der Waals surface area contributed by atoms with Crippen LogP contribution in [0.25, 0.3) is 0 Å². The number of halogens is 4. The van der Waals surface area contributed by atoms with Gasteiger partial charge in [-0.05, 0) is 0 Å². The maximum Gasteiger partial charge on any atom is 0.348 e. The molecule has 0 saturated carbocycles. The lowest BCUT2D eigenvalue weighted by Gasteiger charge is -1.99. The SMILES string of the molecule is O=C(O)C(Cl)=C(Cl)C(Cl)=C(Cl)C(=O)O.